The lowest BCUT2D eigenvalue weighted by molar-refractivity contribution is 0.101. The molecule has 0 aromatic heterocycles. The van der Waals surface area contributed by atoms with Gasteiger partial charge in [-0.3, -0.25) is 4.79 Å². The molecule has 0 saturated heterocycles. The summed E-state index contributed by atoms with van der Waals surface area (Å²) in [5.74, 6) is 0.0251. The molecule has 0 fully saturated rings. The quantitative estimate of drug-likeness (QED) is 0.760. The van der Waals surface area contributed by atoms with Crippen LogP contribution < -0.4 is 5.32 Å². The van der Waals surface area contributed by atoms with Crippen LogP contribution in [-0.2, 0) is 0 Å². The lowest BCUT2D eigenvalue weighted by Crippen LogP contribution is -2.41. The second-order valence-electron chi connectivity index (χ2n) is 5.37. The molecule has 4 nitrogen and oxygen atoms in total. The predicted molar refractivity (Wildman–Crippen MR) is 86.8 cm³/mol. The Morgan fingerprint density at radius 3 is 2.29 bits per heavy atom. The second kappa shape index (κ2) is 8.45. The number of rotatable bonds is 7. The van der Waals surface area contributed by atoms with Crippen LogP contribution in [0, 0.1) is 0 Å². The third-order valence-corrected chi connectivity index (χ3v) is 3.68. The monoisotopic (exact) mass is 290 g/mol. The molecular formula is C17H26N2O2. The van der Waals surface area contributed by atoms with Crippen LogP contribution in [-0.4, -0.2) is 29.3 Å². The van der Waals surface area contributed by atoms with E-state index in [9.17, 15) is 9.59 Å². The first-order valence-electron chi connectivity index (χ1n) is 7.68. The first-order chi connectivity index (χ1) is 9.99. The number of hydrogen-bond donors (Lipinski definition) is 1. The molecule has 1 aromatic rings. The molecule has 0 spiro atoms. The molecule has 0 aliphatic carbocycles. The summed E-state index contributed by atoms with van der Waals surface area (Å²) in [4.78, 5) is 25.5. The van der Waals surface area contributed by atoms with Crippen LogP contribution in [0.2, 0.25) is 0 Å². The van der Waals surface area contributed by atoms with Gasteiger partial charge in [-0.05, 0) is 51.0 Å². The van der Waals surface area contributed by atoms with E-state index in [1.807, 2.05) is 4.90 Å². The number of benzene rings is 1. The molecule has 116 valence electrons. The van der Waals surface area contributed by atoms with Crippen molar-refractivity contribution in [3.8, 4) is 0 Å². The molecule has 2 amide bonds. The van der Waals surface area contributed by atoms with E-state index < -0.39 is 0 Å². The van der Waals surface area contributed by atoms with Crippen LogP contribution in [0.4, 0.5) is 10.5 Å². The molecule has 1 unspecified atom stereocenters. The Hall–Kier alpha value is -1.84. The second-order valence-corrected chi connectivity index (χ2v) is 5.37. The lowest BCUT2D eigenvalue weighted by atomic mass is 10.1. The first-order valence-corrected chi connectivity index (χ1v) is 7.68. The van der Waals surface area contributed by atoms with Crippen LogP contribution >= 0.6 is 0 Å². The number of amides is 2. The van der Waals surface area contributed by atoms with Crippen molar-refractivity contribution in [3.63, 3.8) is 0 Å². The Kier molecular flexibility index (Phi) is 6.92. The Balaban J connectivity index is 2.73. The topological polar surface area (TPSA) is 49.4 Å². The van der Waals surface area contributed by atoms with Crippen LogP contribution in [0.3, 0.4) is 0 Å². The maximum atomic E-state index is 12.4. The Morgan fingerprint density at radius 2 is 1.81 bits per heavy atom. The van der Waals surface area contributed by atoms with Gasteiger partial charge in [-0.15, -0.1) is 0 Å². The predicted octanol–water partition coefficient (Wildman–Crippen LogP) is 4.32. The molecule has 1 rings (SSSR count). The number of carbonyl (C=O) groups excluding carboxylic acids is 2. The molecule has 0 heterocycles. The number of Topliss-reactive ketones (excluding diaryl/α,β-unsaturated/α-hetero) is 1. The Bertz CT molecular complexity index is 468. The number of nitrogens with one attached hydrogen (secondary N) is 1. The van der Waals surface area contributed by atoms with Crippen molar-refractivity contribution in [2.45, 2.75) is 53.0 Å². The van der Waals surface area contributed by atoms with Crippen molar-refractivity contribution in [3.05, 3.63) is 29.8 Å². The largest absolute Gasteiger partial charge is 0.322 e. The van der Waals surface area contributed by atoms with E-state index in [0.717, 1.165) is 31.5 Å². The van der Waals surface area contributed by atoms with Crippen molar-refractivity contribution >= 4 is 17.5 Å². The fourth-order valence-electron chi connectivity index (χ4n) is 2.05. The highest BCUT2D eigenvalue weighted by molar-refractivity contribution is 5.95. The number of unbranched alkanes of at least 4 members (excludes halogenated alkanes) is 1. The van der Waals surface area contributed by atoms with Gasteiger partial charge in [0.25, 0.3) is 0 Å². The van der Waals surface area contributed by atoms with E-state index >= 15 is 0 Å². The van der Waals surface area contributed by atoms with Gasteiger partial charge < -0.3 is 10.2 Å². The first kappa shape index (κ1) is 17.2. The van der Waals surface area contributed by atoms with E-state index in [1.165, 1.54) is 6.92 Å². The van der Waals surface area contributed by atoms with Crippen LogP contribution in [0.1, 0.15) is 57.3 Å². The molecule has 0 aliphatic rings. The minimum absolute atomic E-state index is 0.0251. The highest BCUT2D eigenvalue weighted by atomic mass is 16.2. The fourth-order valence-corrected chi connectivity index (χ4v) is 2.05. The highest BCUT2D eigenvalue weighted by Gasteiger charge is 2.18. The van der Waals surface area contributed by atoms with Gasteiger partial charge >= 0.3 is 6.03 Å². The van der Waals surface area contributed by atoms with Crippen molar-refractivity contribution < 1.29 is 9.59 Å². The van der Waals surface area contributed by atoms with Crippen LogP contribution in [0.25, 0.3) is 0 Å². The van der Waals surface area contributed by atoms with Gasteiger partial charge in [0.1, 0.15) is 0 Å². The summed E-state index contributed by atoms with van der Waals surface area (Å²) in [5.41, 5.74) is 1.37. The zero-order valence-electron chi connectivity index (χ0n) is 13.5. The molecule has 1 N–H and O–H groups in total. The molecule has 21 heavy (non-hydrogen) atoms. The highest BCUT2D eigenvalue weighted by Crippen LogP contribution is 2.13. The number of anilines is 1. The third kappa shape index (κ3) is 5.21. The number of ketones is 1. The molecule has 0 aliphatic heterocycles. The van der Waals surface area contributed by atoms with Gasteiger partial charge in [-0.2, -0.15) is 0 Å². The summed E-state index contributed by atoms with van der Waals surface area (Å²) in [6.07, 6.45) is 3.00. The molecule has 1 aromatic carbocycles. The number of hydrogen-bond acceptors (Lipinski definition) is 2. The maximum Gasteiger partial charge on any atom is 0.322 e. The summed E-state index contributed by atoms with van der Waals surface area (Å²) < 4.78 is 0. The molecular weight excluding hydrogens is 264 g/mol. The number of nitrogens with zero attached hydrogens (tertiary/aromatic N) is 1. The van der Waals surface area contributed by atoms with Crippen LogP contribution in [0.15, 0.2) is 24.3 Å². The van der Waals surface area contributed by atoms with Crippen molar-refractivity contribution in [2.75, 3.05) is 11.9 Å². The zero-order chi connectivity index (χ0) is 15.8. The fraction of sp³-hybridized carbons (Fsp3) is 0.529. The van der Waals surface area contributed by atoms with Crippen LogP contribution in [0.5, 0.6) is 0 Å². The van der Waals surface area contributed by atoms with Gasteiger partial charge in [0.05, 0.1) is 0 Å². The average Bonchev–Trinajstić information content (AvgIpc) is 2.47. The standard InChI is InChI=1S/C17H26N2O2/c1-5-7-12-19(13(3)6-2)17(21)18-16-10-8-15(9-11-16)14(4)20/h8-11,13H,5-7,12H2,1-4H3,(H,18,21). The SMILES string of the molecule is CCCCN(C(=O)Nc1ccc(C(C)=O)cc1)C(C)CC. The molecule has 4 heteroatoms. The summed E-state index contributed by atoms with van der Waals surface area (Å²) in [7, 11) is 0. The summed E-state index contributed by atoms with van der Waals surface area (Å²) in [6.45, 7) is 8.56. The van der Waals surface area contributed by atoms with Gasteiger partial charge in [0.15, 0.2) is 5.78 Å². The van der Waals surface area contributed by atoms with Gasteiger partial charge in [0.2, 0.25) is 0 Å². The molecule has 0 saturated carbocycles. The average molecular weight is 290 g/mol. The summed E-state index contributed by atoms with van der Waals surface area (Å²) >= 11 is 0. The van der Waals surface area contributed by atoms with Crippen molar-refractivity contribution in [1.82, 2.24) is 4.90 Å². The van der Waals surface area contributed by atoms with Crippen molar-refractivity contribution in [2.24, 2.45) is 0 Å². The minimum Gasteiger partial charge on any atom is -0.322 e. The summed E-state index contributed by atoms with van der Waals surface area (Å²) in [6, 6.07) is 7.14. The smallest absolute Gasteiger partial charge is 0.322 e. The summed E-state index contributed by atoms with van der Waals surface area (Å²) in [5, 5.41) is 2.91. The number of urea groups is 1. The Morgan fingerprint density at radius 1 is 1.19 bits per heavy atom. The van der Waals surface area contributed by atoms with Gasteiger partial charge in [-0.1, -0.05) is 20.3 Å². The Labute approximate surface area is 127 Å². The van der Waals surface area contributed by atoms with E-state index in [0.29, 0.717) is 5.56 Å². The van der Waals surface area contributed by atoms with Gasteiger partial charge in [0, 0.05) is 23.8 Å². The molecule has 0 bridgehead atoms. The molecule has 1 atom stereocenters. The zero-order valence-corrected chi connectivity index (χ0v) is 13.5. The minimum atomic E-state index is -0.0756. The van der Waals surface area contributed by atoms with E-state index in [2.05, 4.69) is 26.1 Å². The van der Waals surface area contributed by atoms with Gasteiger partial charge in [-0.25, -0.2) is 4.79 Å². The number of carbonyl (C=O) groups is 2. The third-order valence-electron chi connectivity index (χ3n) is 3.68. The normalized spacial score (nSPS) is 11.8. The lowest BCUT2D eigenvalue weighted by Gasteiger charge is -2.28. The maximum absolute atomic E-state index is 12.4. The van der Waals surface area contributed by atoms with E-state index in [1.54, 1.807) is 24.3 Å². The molecule has 0 radical (unpaired) electrons. The van der Waals surface area contributed by atoms with E-state index in [-0.39, 0.29) is 17.9 Å². The van der Waals surface area contributed by atoms with Crippen molar-refractivity contribution in [1.29, 1.82) is 0 Å². The van der Waals surface area contributed by atoms with E-state index in [4.69, 9.17) is 0 Å².